The number of pyridine rings is 2. The first-order valence-corrected chi connectivity index (χ1v) is 11.6. The van der Waals surface area contributed by atoms with Crippen molar-refractivity contribution in [1.82, 2.24) is 19.9 Å². The van der Waals surface area contributed by atoms with E-state index in [2.05, 4.69) is 15.0 Å². The Morgan fingerprint density at radius 3 is 2.56 bits per heavy atom. The van der Waals surface area contributed by atoms with Crippen LogP contribution in [0.15, 0.2) is 28.8 Å². The fourth-order valence-electron chi connectivity index (χ4n) is 4.05. The topological polar surface area (TPSA) is 87.8 Å². The van der Waals surface area contributed by atoms with Crippen molar-refractivity contribution in [3.05, 3.63) is 40.9 Å². The number of halogens is 5. The highest BCUT2D eigenvalue weighted by atomic mass is 35.5. The van der Waals surface area contributed by atoms with E-state index >= 15 is 0 Å². The van der Waals surface area contributed by atoms with Gasteiger partial charge in [0.15, 0.2) is 23.3 Å². The summed E-state index contributed by atoms with van der Waals surface area (Å²) >= 11 is 5.89. The van der Waals surface area contributed by atoms with E-state index in [9.17, 15) is 22.4 Å². The van der Waals surface area contributed by atoms with E-state index in [1.54, 1.807) is 17.0 Å². The summed E-state index contributed by atoms with van der Waals surface area (Å²) in [5, 5.41) is 0.308. The number of piperazine rings is 1. The molecule has 0 aliphatic carbocycles. The van der Waals surface area contributed by atoms with Crippen molar-refractivity contribution in [2.75, 3.05) is 49.1 Å². The Bertz CT molecular complexity index is 1270. The molecule has 3 aromatic rings. The zero-order chi connectivity index (χ0) is 25.6. The van der Waals surface area contributed by atoms with Crippen molar-refractivity contribution in [3.63, 3.8) is 0 Å². The second-order valence-corrected chi connectivity index (χ2v) is 8.99. The largest absolute Gasteiger partial charge is 0.422 e. The van der Waals surface area contributed by atoms with Gasteiger partial charge in [0.05, 0.1) is 11.7 Å². The molecule has 9 nitrogen and oxygen atoms in total. The summed E-state index contributed by atoms with van der Waals surface area (Å²) in [5.74, 6) is -1.12. The van der Waals surface area contributed by atoms with Crippen LogP contribution in [0.5, 0.6) is 0 Å². The normalized spacial score (nSPS) is 18.0. The van der Waals surface area contributed by atoms with E-state index in [1.807, 2.05) is 4.90 Å². The molecule has 5 heterocycles. The maximum Gasteiger partial charge on any atom is 0.414 e. The van der Waals surface area contributed by atoms with Crippen LogP contribution in [0.4, 0.5) is 29.4 Å². The summed E-state index contributed by atoms with van der Waals surface area (Å²) in [6.45, 7) is 2.71. The van der Waals surface area contributed by atoms with Gasteiger partial charge in [0.25, 0.3) is 11.9 Å². The van der Waals surface area contributed by atoms with Crippen LogP contribution in [0, 0.1) is 5.82 Å². The second-order valence-electron chi connectivity index (χ2n) is 8.61. The first-order valence-electron chi connectivity index (χ1n) is 11.2. The van der Waals surface area contributed by atoms with Gasteiger partial charge in [-0.3, -0.25) is 4.79 Å². The predicted molar refractivity (Wildman–Crippen MR) is 122 cm³/mol. The maximum absolute atomic E-state index is 14.7. The lowest BCUT2D eigenvalue weighted by Crippen LogP contribution is -2.55. The Morgan fingerprint density at radius 2 is 1.89 bits per heavy atom. The maximum atomic E-state index is 14.7. The Morgan fingerprint density at radius 1 is 1.17 bits per heavy atom. The van der Waals surface area contributed by atoms with Gasteiger partial charge >= 0.3 is 6.18 Å². The molecular formula is C22H21ClF4N6O3. The van der Waals surface area contributed by atoms with Crippen LogP contribution in [0.25, 0.3) is 11.2 Å². The number of ether oxygens (including phenoxy) is 1. The van der Waals surface area contributed by atoms with E-state index in [0.29, 0.717) is 48.6 Å². The standard InChI is InChI=1S/C22H21ClF4N6O3/c1-12(22(25,26)27)35-14-10-33(11-14)19-15(24)8-13(9-28-19)20(34)31-4-6-32(7-5-31)21-30-18-16(36-21)2-3-17(23)29-18/h2-3,8-9,12,14H,4-7,10-11H2,1H3. The summed E-state index contributed by atoms with van der Waals surface area (Å²) < 4.78 is 63.2. The summed E-state index contributed by atoms with van der Waals surface area (Å²) in [7, 11) is 0. The van der Waals surface area contributed by atoms with Crippen molar-refractivity contribution in [3.8, 4) is 0 Å². The smallest absolute Gasteiger partial charge is 0.414 e. The Kier molecular flexibility index (Phi) is 6.37. The fourth-order valence-corrected chi connectivity index (χ4v) is 4.19. The molecule has 1 unspecified atom stereocenters. The lowest BCUT2D eigenvalue weighted by atomic mass is 10.1. The van der Waals surface area contributed by atoms with Gasteiger partial charge in [-0.05, 0) is 25.1 Å². The van der Waals surface area contributed by atoms with Crippen LogP contribution in [0.3, 0.4) is 0 Å². The number of oxazole rings is 1. The molecule has 0 aromatic carbocycles. The minimum Gasteiger partial charge on any atom is -0.422 e. The molecule has 2 saturated heterocycles. The number of fused-ring (bicyclic) bond motifs is 1. The zero-order valence-corrected chi connectivity index (χ0v) is 19.8. The van der Waals surface area contributed by atoms with Crippen molar-refractivity contribution in [2.24, 2.45) is 0 Å². The lowest BCUT2D eigenvalue weighted by Gasteiger charge is -2.41. The summed E-state index contributed by atoms with van der Waals surface area (Å²) in [6, 6.07) is 4.77. The highest BCUT2D eigenvalue weighted by molar-refractivity contribution is 6.29. The summed E-state index contributed by atoms with van der Waals surface area (Å²) in [5.41, 5.74) is 0.988. The Balaban J connectivity index is 1.16. The number of carbonyl (C=O) groups excluding carboxylic acids is 1. The van der Waals surface area contributed by atoms with E-state index in [1.165, 1.54) is 11.1 Å². The number of alkyl halides is 3. The van der Waals surface area contributed by atoms with Crippen LogP contribution in [-0.2, 0) is 4.74 Å². The molecular weight excluding hydrogens is 508 g/mol. The number of carbonyl (C=O) groups is 1. The number of hydrogen-bond donors (Lipinski definition) is 0. The van der Waals surface area contributed by atoms with Gasteiger partial charge in [-0.15, -0.1) is 0 Å². The SMILES string of the molecule is CC(OC1CN(c2ncc(C(=O)N3CCN(c4nc5nc(Cl)ccc5o4)CC3)cc2F)C1)C(F)(F)F. The molecule has 0 radical (unpaired) electrons. The van der Waals surface area contributed by atoms with Gasteiger partial charge in [-0.2, -0.15) is 18.2 Å². The van der Waals surface area contributed by atoms with Crippen LogP contribution in [0.2, 0.25) is 5.15 Å². The van der Waals surface area contributed by atoms with Crippen molar-refractivity contribution >= 4 is 40.6 Å². The van der Waals surface area contributed by atoms with Crippen molar-refractivity contribution in [2.45, 2.75) is 25.3 Å². The van der Waals surface area contributed by atoms with Crippen LogP contribution in [0.1, 0.15) is 17.3 Å². The fraction of sp³-hybridized carbons (Fsp3) is 0.455. The first-order chi connectivity index (χ1) is 17.1. The third kappa shape index (κ3) is 4.89. The summed E-state index contributed by atoms with van der Waals surface area (Å²) in [6.07, 6.45) is -5.75. The first kappa shape index (κ1) is 24.5. The number of anilines is 2. The molecule has 2 aliphatic rings. The van der Waals surface area contributed by atoms with Gasteiger partial charge in [0, 0.05) is 45.5 Å². The zero-order valence-electron chi connectivity index (χ0n) is 19.0. The minimum absolute atomic E-state index is 0.0273. The molecule has 0 saturated carbocycles. The molecule has 192 valence electrons. The van der Waals surface area contributed by atoms with E-state index < -0.39 is 24.2 Å². The van der Waals surface area contributed by atoms with Crippen LogP contribution in [-0.4, -0.2) is 83.4 Å². The average molecular weight is 529 g/mol. The Hall–Kier alpha value is -3.19. The quantitative estimate of drug-likeness (QED) is 0.367. The highest BCUT2D eigenvalue weighted by Gasteiger charge is 2.41. The van der Waals surface area contributed by atoms with E-state index in [-0.39, 0.29) is 30.4 Å². The lowest BCUT2D eigenvalue weighted by molar-refractivity contribution is -0.228. The number of amides is 1. The number of aromatic nitrogens is 3. The molecule has 3 aromatic heterocycles. The third-order valence-electron chi connectivity index (χ3n) is 6.12. The summed E-state index contributed by atoms with van der Waals surface area (Å²) in [4.78, 5) is 30.3. The molecule has 2 aliphatic heterocycles. The van der Waals surface area contributed by atoms with Gasteiger partial charge in [0.2, 0.25) is 5.65 Å². The predicted octanol–water partition coefficient (Wildman–Crippen LogP) is 3.53. The van der Waals surface area contributed by atoms with Gasteiger partial charge < -0.3 is 23.9 Å². The van der Waals surface area contributed by atoms with Crippen molar-refractivity contribution < 1.29 is 31.5 Å². The third-order valence-corrected chi connectivity index (χ3v) is 6.33. The monoisotopic (exact) mass is 528 g/mol. The number of rotatable bonds is 5. The molecule has 2 fully saturated rings. The molecule has 5 rings (SSSR count). The van der Waals surface area contributed by atoms with Gasteiger partial charge in [-0.1, -0.05) is 11.6 Å². The molecule has 1 amide bonds. The van der Waals surface area contributed by atoms with E-state index in [0.717, 1.165) is 13.0 Å². The minimum atomic E-state index is -4.45. The molecule has 14 heteroatoms. The number of nitrogens with zero attached hydrogens (tertiary/aromatic N) is 6. The molecule has 36 heavy (non-hydrogen) atoms. The van der Waals surface area contributed by atoms with Gasteiger partial charge in [0.1, 0.15) is 5.15 Å². The van der Waals surface area contributed by atoms with E-state index in [4.69, 9.17) is 20.8 Å². The average Bonchev–Trinajstić information content (AvgIpc) is 3.23. The molecule has 0 spiro atoms. The van der Waals surface area contributed by atoms with Gasteiger partial charge in [-0.25, -0.2) is 14.4 Å². The van der Waals surface area contributed by atoms with Crippen LogP contribution < -0.4 is 9.80 Å². The Labute approximate surface area is 207 Å². The highest BCUT2D eigenvalue weighted by Crippen LogP contribution is 2.29. The molecule has 0 bridgehead atoms. The molecule has 1 atom stereocenters. The van der Waals surface area contributed by atoms with Crippen LogP contribution >= 0.6 is 11.6 Å². The van der Waals surface area contributed by atoms with Crippen molar-refractivity contribution in [1.29, 1.82) is 0 Å². The second kappa shape index (κ2) is 9.36. The molecule has 0 N–H and O–H groups in total. The number of hydrogen-bond acceptors (Lipinski definition) is 8.